The number of nitrogens with one attached hydrogen (secondary N) is 2. The van der Waals surface area contributed by atoms with E-state index in [-0.39, 0.29) is 18.1 Å². The predicted octanol–water partition coefficient (Wildman–Crippen LogP) is 5.24. The summed E-state index contributed by atoms with van der Waals surface area (Å²) in [6.45, 7) is 5.00. The van der Waals surface area contributed by atoms with E-state index in [4.69, 9.17) is 0 Å². The van der Waals surface area contributed by atoms with Crippen LogP contribution in [0.5, 0.6) is 0 Å². The Labute approximate surface area is 159 Å². The van der Waals surface area contributed by atoms with Crippen LogP contribution >= 0.6 is 0 Å². The molecule has 3 rings (SSSR count). The van der Waals surface area contributed by atoms with Crippen molar-refractivity contribution in [2.45, 2.75) is 26.8 Å². The van der Waals surface area contributed by atoms with Gasteiger partial charge in [0.2, 0.25) is 5.91 Å². The molecule has 0 saturated heterocycles. The fourth-order valence-corrected chi connectivity index (χ4v) is 2.90. The van der Waals surface area contributed by atoms with E-state index in [0.717, 1.165) is 17.8 Å². The molecule has 3 aromatic rings. The second-order valence-corrected chi connectivity index (χ2v) is 6.64. The molecule has 2 N–H and O–H groups in total. The van der Waals surface area contributed by atoms with Gasteiger partial charge in [0.05, 0.1) is 6.42 Å². The average Bonchev–Trinajstić information content (AvgIpc) is 2.64. The van der Waals surface area contributed by atoms with Gasteiger partial charge in [0.15, 0.2) is 0 Å². The lowest BCUT2D eigenvalue weighted by Gasteiger charge is -2.11. The van der Waals surface area contributed by atoms with E-state index >= 15 is 0 Å². The highest BCUT2D eigenvalue weighted by Gasteiger charge is 2.06. The van der Waals surface area contributed by atoms with Gasteiger partial charge in [0.25, 0.3) is 0 Å². The molecule has 0 aliphatic carbocycles. The summed E-state index contributed by atoms with van der Waals surface area (Å²) in [5.41, 5.74) is 6.23. The van der Waals surface area contributed by atoms with Crippen LogP contribution in [0.2, 0.25) is 0 Å². The SMILES string of the molecule is Cc1cccc(CNc2ccc(CC(=O)Nc3cccc(F)c3)cc2)c1C. The summed E-state index contributed by atoms with van der Waals surface area (Å²) < 4.78 is 13.2. The summed E-state index contributed by atoms with van der Waals surface area (Å²) in [4.78, 5) is 12.1. The van der Waals surface area contributed by atoms with Crippen LogP contribution < -0.4 is 10.6 Å². The average molecular weight is 362 g/mol. The van der Waals surface area contributed by atoms with E-state index in [1.165, 1.54) is 28.8 Å². The summed E-state index contributed by atoms with van der Waals surface area (Å²) >= 11 is 0. The van der Waals surface area contributed by atoms with E-state index in [0.29, 0.717) is 5.69 Å². The fourth-order valence-electron chi connectivity index (χ4n) is 2.90. The number of aryl methyl sites for hydroxylation is 1. The van der Waals surface area contributed by atoms with Crippen LogP contribution in [-0.2, 0) is 17.8 Å². The Hall–Kier alpha value is -3.14. The monoisotopic (exact) mass is 362 g/mol. The van der Waals surface area contributed by atoms with Crippen LogP contribution in [0.15, 0.2) is 66.7 Å². The smallest absolute Gasteiger partial charge is 0.228 e. The second-order valence-electron chi connectivity index (χ2n) is 6.64. The highest BCUT2D eigenvalue weighted by atomic mass is 19.1. The summed E-state index contributed by atoms with van der Waals surface area (Å²) in [6.07, 6.45) is 0.244. The van der Waals surface area contributed by atoms with Gasteiger partial charge in [-0.1, -0.05) is 36.4 Å². The van der Waals surface area contributed by atoms with Crippen LogP contribution in [0.4, 0.5) is 15.8 Å². The van der Waals surface area contributed by atoms with Gasteiger partial charge in [-0.3, -0.25) is 4.79 Å². The molecule has 1 amide bonds. The Morgan fingerprint density at radius 3 is 2.41 bits per heavy atom. The van der Waals surface area contributed by atoms with Crippen molar-refractivity contribution in [3.63, 3.8) is 0 Å². The van der Waals surface area contributed by atoms with Crippen molar-refractivity contribution in [1.82, 2.24) is 0 Å². The number of anilines is 2. The largest absolute Gasteiger partial charge is 0.381 e. The Kier molecular flexibility index (Phi) is 5.87. The minimum absolute atomic E-state index is 0.170. The van der Waals surface area contributed by atoms with Gasteiger partial charge in [0.1, 0.15) is 5.82 Å². The zero-order valence-electron chi connectivity index (χ0n) is 15.6. The second kappa shape index (κ2) is 8.49. The fraction of sp³-hybridized carbons (Fsp3) is 0.174. The highest BCUT2D eigenvalue weighted by Crippen LogP contribution is 2.16. The van der Waals surface area contributed by atoms with E-state index in [1.807, 2.05) is 24.3 Å². The third kappa shape index (κ3) is 5.17. The number of hydrogen-bond donors (Lipinski definition) is 2. The molecular weight excluding hydrogens is 339 g/mol. The third-order valence-electron chi connectivity index (χ3n) is 4.63. The van der Waals surface area contributed by atoms with Gasteiger partial charge in [0, 0.05) is 17.9 Å². The normalized spacial score (nSPS) is 10.5. The highest BCUT2D eigenvalue weighted by molar-refractivity contribution is 5.92. The number of carbonyl (C=O) groups is 1. The quantitative estimate of drug-likeness (QED) is 0.630. The number of benzene rings is 3. The van der Waals surface area contributed by atoms with Gasteiger partial charge >= 0.3 is 0 Å². The van der Waals surface area contributed by atoms with Crippen LogP contribution in [0.1, 0.15) is 22.3 Å². The third-order valence-corrected chi connectivity index (χ3v) is 4.63. The van der Waals surface area contributed by atoms with Crippen LogP contribution in [0.25, 0.3) is 0 Å². The maximum atomic E-state index is 13.2. The Bertz CT molecular complexity index is 935. The molecule has 3 nitrogen and oxygen atoms in total. The summed E-state index contributed by atoms with van der Waals surface area (Å²) in [6, 6.07) is 20.0. The minimum Gasteiger partial charge on any atom is -0.381 e. The topological polar surface area (TPSA) is 41.1 Å². The zero-order valence-corrected chi connectivity index (χ0v) is 15.6. The van der Waals surface area contributed by atoms with Gasteiger partial charge in [-0.25, -0.2) is 4.39 Å². The molecule has 0 aliphatic rings. The molecule has 3 aromatic carbocycles. The maximum absolute atomic E-state index is 13.2. The maximum Gasteiger partial charge on any atom is 0.228 e. The number of amides is 1. The lowest BCUT2D eigenvalue weighted by atomic mass is 10.0. The van der Waals surface area contributed by atoms with Crippen molar-refractivity contribution in [2.75, 3.05) is 10.6 Å². The van der Waals surface area contributed by atoms with Gasteiger partial charge in [-0.2, -0.15) is 0 Å². The van der Waals surface area contributed by atoms with Gasteiger partial charge < -0.3 is 10.6 Å². The standard InChI is InChI=1S/C23H23FN2O/c1-16-5-3-6-19(17(16)2)15-25-21-11-9-18(10-12-21)13-23(27)26-22-8-4-7-20(24)14-22/h3-12,14,25H,13,15H2,1-2H3,(H,26,27). The summed E-state index contributed by atoms with van der Waals surface area (Å²) in [7, 11) is 0. The van der Waals surface area contributed by atoms with E-state index in [1.54, 1.807) is 12.1 Å². The van der Waals surface area contributed by atoms with Crippen LogP contribution in [-0.4, -0.2) is 5.91 Å². The first-order chi connectivity index (χ1) is 13.0. The van der Waals surface area contributed by atoms with Crippen molar-refractivity contribution in [3.8, 4) is 0 Å². The molecule has 0 spiro atoms. The first-order valence-corrected chi connectivity index (χ1v) is 8.94. The molecule has 0 saturated carbocycles. The molecule has 0 aliphatic heterocycles. The Balaban J connectivity index is 1.55. The minimum atomic E-state index is -0.368. The Morgan fingerprint density at radius 1 is 0.926 bits per heavy atom. The van der Waals surface area contributed by atoms with Crippen molar-refractivity contribution >= 4 is 17.3 Å². The van der Waals surface area contributed by atoms with Gasteiger partial charge in [-0.05, 0) is 66.4 Å². The van der Waals surface area contributed by atoms with Crippen LogP contribution in [0.3, 0.4) is 0 Å². The molecule has 0 atom stereocenters. The molecule has 0 aromatic heterocycles. The van der Waals surface area contributed by atoms with Crippen molar-refractivity contribution in [3.05, 3.63) is 94.8 Å². The molecule has 138 valence electrons. The lowest BCUT2D eigenvalue weighted by Crippen LogP contribution is -2.14. The number of rotatable bonds is 6. The molecule has 4 heteroatoms. The molecular formula is C23H23FN2O. The molecule has 0 bridgehead atoms. The number of carbonyl (C=O) groups excluding carboxylic acids is 1. The van der Waals surface area contributed by atoms with Crippen molar-refractivity contribution in [1.29, 1.82) is 0 Å². The Morgan fingerprint density at radius 2 is 1.67 bits per heavy atom. The van der Waals surface area contributed by atoms with Gasteiger partial charge in [-0.15, -0.1) is 0 Å². The van der Waals surface area contributed by atoms with E-state index < -0.39 is 0 Å². The van der Waals surface area contributed by atoms with Crippen LogP contribution in [0, 0.1) is 19.7 Å². The molecule has 0 heterocycles. The first kappa shape index (κ1) is 18.6. The molecule has 27 heavy (non-hydrogen) atoms. The predicted molar refractivity (Wildman–Crippen MR) is 108 cm³/mol. The first-order valence-electron chi connectivity index (χ1n) is 8.94. The zero-order chi connectivity index (χ0) is 19.2. The van der Waals surface area contributed by atoms with E-state index in [9.17, 15) is 9.18 Å². The molecule has 0 radical (unpaired) electrons. The van der Waals surface area contributed by atoms with Crippen molar-refractivity contribution < 1.29 is 9.18 Å². The molecule has 0 unspecified atom stereocenters. The number of hydrogen-bond acceptors (Lipinski definition) is 2. The number of halogens is 1. The van der Waals surface area contributed by atoms with Crippen molar-refractivity contribution in [2.24, 2.45) is 0 Å². The summed E-state index contributed by atoms with van der Waals surface area (Å²) in [5, 5.41) is 6.12. The summed E-state index contributed by atoms with van der Waals surface area (Å²) in [5.74, 6) is -0.538. The van der Waals surface area contributed by atoms with E-state index in [2.05, 4.69) is 42.7 Å². The molecule has 0 fully saturated rings. The lowest BCUT2D eigenvalue weighted by molar-refractivity contribution is -0.115.